The van der Waals surface area contributed by atoms with Gasteiger partial charge in [0.25, 0.3) is 0 Å². The standard InChI is InChI=1S/C21H34O/c1-14(22)15-8-12-21(3)16(13-15)6-7-17-18-5-4-10-20(18,2)11-9-19(17)21/h15-19H,4-13H2,1-3H3/t15-,16-,17+,18+,19+,20+,21+/m1/s1. The lowest BCUT2D eigenvalue weighted by molar-refractivity contribution is -0.133. The van der Waals surface area contributed by atoms with Crippen molar-refractivity contribution >= 4 is 5.78 Å². The second-order valence-electron chi connectivity index (χ2n) is 9.82. The van der Waals surface area contributed by atoms with Crippen LogP contribution in [0, 0.1) is 40.4 Å². The van der Waals surface area contributed by atoms with Crippen LogP contribution >= 0.6 is 0 Å². The van der Waals surface area contributed by atoms with Crippen LogP contribution in [0.25, 0.3) is 0 Å². The van der Waals surface area contributed by atoms with Crippen molar-refractivity contribution in [3.05, 3.63) is 0 Å². The Hall–Kier alpha value is -0.330. The summed E-state index contributed by atoms with van der Waals surface area (Å²) in [4.78, 5) is 11.9. The molecule has 0 unspecified atom stereocenters. The first-order chi connectivity index (χ1) is 10.4. The van der Waals surface area contributed by atoms with Gasteiger partial charge in [-0.05, 0) is 99.2 Å². The van der Waals surface area contributed by atoms with Crippen molar-refractivity contribution < 1.29 is 4.79 Å². The summed E-state index contributed by atoms with van der Waals surface area (Å²) in [5, 5.41) is 0. The molecule has 4 aliphatic rings. The van der Waals surface area contributed by atoms with Gasteiger partial charge in [0.05, 0.1) is 0 Å². The summed E-state index contributed by atoms with van der Waals surface area (Å²) in [6.45, 7) is 7.04. The van der Waals surface area contributed by atoms with Crippen LogP contribution in [0.2, 0.25) is 0 Å². The first-order valence-electron chi connectivity index (χ1n) is 9.94. The fourth-order valence-electron chi connectivity index (χ4n) is 7.62. The summed E-state index contributed by atoms with van der Waals surface area (Å²) in [5.41, 5.74) is 1.24. The highest BCUT2D eigenvalue weighted by molar-refractivity contribution is 5.78. The van der Waals surface area contributed by atoms with Crippen LogP contribution in [0.3, 0.4) is 0 Å². The van der Waals surface area contributed by atoms with Crippen LogP contribution < -0.4 is 0 Å². The van der Waals surface area contributed by atoms with Gasteiger partial charge in [0.15, 0.2) is 0 Å². The third kappa shape index (κ3) is 2.06. The molecule has 0 saturated heterocycles. The zero-order valence-corrected chi connectivity index (χ0v) is 14.9. The minimum Gasteiger partial charge on any atom is -0.300 e. The molecular weight excluding hydrogens is 268 g/mol. The lowest BCUT2D eigenvalue weighted by atomic mass is 9.44. The average molecular weight is 303 g/mol. The van der Waals surface area contributed by atoms with Crippen molar-refractivity contribution in [2.45, 2.75) is 85.0 Å². The highest BCUT2D eigenvalue weighted by Crippen LogP contribution is 2.66. The second kappa shape index (κ2) is 5.08. The zero-order valence-electron chi connectivity index (χ0n) is 14.9. The number of rotatable bonds is 1. The Morgan fingerprint density at radius 3 is 2.50 bits per heavy atom. The van der Waals surface area contributed by atoms with Crippen molar-refractivity contribution in [2.75, 3.05) is 0 Å². The van der Waals surface area contributed by atoms with E-state index in [9.17, 15) is 4.79 Å². The molecule has 1 nitrogen and oxygen atoms in total. The Balaban J connectivity index is 1.58. The molecule has 4 fully saturated rings. The first kappa shape index (κ1) is 15.2. The minimum absolute atomic E-state index is 0.384. The number of carbonyl (C=O) groups excluding carboxylic acids is 1. The molecule has 0 aromatic carbocycles. The van der Waals surface area contributed by atoms with Gasteiger partial charge in [-0.25, -0.2) is 0 Å². The Kier molecular flexibility index (Phi) is 3.51. The number of Topliss-reactive ketones (excluding diaryl/α,β-unsaturated/α-hetero) is 1. The predicted octanol–water partition coefficient (Wildman–Crippen LogP) is 5.62. The van der Waals surface area contributed by atoms with Crippen molar-refractivity contribution in [1.29, 1.82) is 0 Å². The molecule has 22 heavy (non-hydrogen) atoms. The lowest BCUT2D eigenvalue weighted by Gasteiger charge is -2.60. The minimum atomic E-state index is 0.384. The molecule has 0 radical (unpaired) electrons. The number of carbonyl (C=O) groups is 1. The van der Waals surface area contributed by atoms with Crippen LogP contribution in [-0.4, -0.2) is 5.78 Å². The number of hydrogen-bond donors (Lipinski definition) is 0. The van der Waals surface area contributed by atoms with Gasteiger partial charge in [0.2, 0.25) is 0 Å². The first-order valence-corrected chi connectivity index (χ1v) is 9.94. The Morgan fingerprint density at radius 1 is 0.909 bits per heavy atom. The molecule has 0 N–H and O–H groups in total. The summed E-state index contributed by atoms with van der Waals surface area (Å²) in [7, 11) is 0. The molecular formula is C21H34O. The van der Waals surface area contributed by atoms with E-state index in [0.717, 1.165) is 23.7 Å². The molecule has 4 rings (SSSR count). The predicted molar refractivity (Wildman–Crippen MR) is 90.5 cm³/mol. The van der Waals surface area contributed by atoms with Crippen LogP contribution in [0.1, 0.15) is 85.0 Å². The van der Waals surface area contributed by atoms with Gasteiger partial charge in [-0.1, -0.05) is 20.3 Å². The van der Waals surface area contributed by atoms with E-state index in [-0.39, 0.29) is 0 Å². The average Bonchev–Trinajstić information content (AvgIpc) is 2.88. The van der Waals surface area contributed by atoms with Gasteiger partial charge in [0, 0.05) is 5.92 Å². The second-order valence-corrected chi connectivity index (χ2v) is 9.82. The molecule has 1 heteroatoms. The molecule has 0 aromatic rings. The Labute approximate surface area is 136 Å². The number of ketones is 1. The summed E-state index contributed by atoms with van der Waals surface area (Å²) in [6.07, 6.45) is 14.0. The summed E-state index contributed by atoms with van der Waals surface area (Å²) < 4.78 is 0. The lowest BCUT2D eigenvalue weighted by Crippen LogP contribution is -2.53. The quantitative estimate of drug-likeness (QED) is 0.614. The molecule has 0 aromatic heterocycles. The van der Waals surface area contributed by atoms with Gasteiger partial charge < -0.3 is 0 Å². The molecule has 0 amide bonds. The Bertz CT molecular complexity index is 469. The molecule has 0 spiro atoms. The van der Waals surface area contributed by atoms with Crippen LogP contribution in [0.4, 0.5) is 0 Å². The molecule has 4 aliphatic carbocycles. The maximum atomic E-state index is 11.9. The number of fused-ring (bicyclic) bond motifs is 5. The van der Waals surface area contributed by atoms with Gasteiger partial charge in [0.1, 0.15) is 5.78 Å². The zero-order chi connectivity index (χ0) is 15.5. The Morgan fingerprint density at radius 2 is 1.73 bits per heavy atom. The van der Waals surface area contributed by atoms with E-state index in [0.29, 0.717) is 22.5 Å². The molecule has 7 atom stereocenters. The van der Waals surface area contributed by atoms with Crippen molar-refractivity contribution in [3.8, 4) is 0 Å². The van der Waals surface area contributed by atoms with Crippen LogP contribution in [-0.2, 0) is 4.79 Å². The van der Waals surface area contributed by atoms with E-state index in [2.05, 4.69) is 13.8 Å². The van der Waals surface area contributed by atoms with E-state index < -0.39 is 0 Å². The maximum absolute atomic E-state index is 11.9. The van der Waals surface area contributed by atoms with Crippen molar-refractivity contribution in [3.63, 3.8) is 0 Å². The number of hydrogen-bond acceptors (Lipinski definition) is 1. The van der Waals surface area contributed by atoms with E-state index >= 15 is 0 Å². The highest BCUT2D eigenvalue weighted by Gasteiger charge is 2.57. The third-order valence-corrected chi connectivity index (χ3v) is 9.02. The van der Waals surface area contributed by atoms with Gasteiger partial charge in [-0.2, -0.15) is 0 Å². The van der Waals surface area contributed by atoms with E-state index in [4.69, 9.17) is 0 Å². The topological polar surface area (TPSA) is 17.1 Å². The smallest absolute Gasteiger partial charge is 0.132 e. The van der Waals surface area contributed by atoms with Gasteiger partial charge in [-0.3, -0.25) is 4.79 Å². The fraction of sp³-hybridized carbons (Fsp3) is 0.952. The molecule has 4 saturated carbocycles. The molecule has 124 valence electrons. The van der Waals surface area contributed by atoms with E-state index in [1.807, 2.05) is 6.92 Å². The summed E-state index contributed by atoms with van der Waals surface area (Å²) in [5.74, 6) is 4.68. The SMILES string of the molecule is CC(=O)[C@@H]1CC[C@@]2(C)[C@H](CC[C@H]3[C@@H]4CCC[C@@]4(C)CC[C@@H]32)C1. The van der Waals surface area contributed by atoms with Gasteiger partial charge in [-0.15, -0.1) is 0 Å². The molecule has 0 heterocycles. The van der Waals surface area contributed by atoms with Crippen LogP contribution in [0.15, 0.2) is 0 Å². The van der Waals surface area contributed by atoms with Crippen molar-refractivity contribution in [2.24, 2.45) is 40.4 Å². The fourth-order valence-corrected chi connectivity index (χ4v) is 7.62. The van der Waals surface area contributed by atoms with Crippen LogP contribution in [0.5, 0.6) is 0 Å². The van der Waals surface area contributed by atoms with Gasteiger partial charge >= 0.3 is 0 Å². The molecule has 0 aliphatic heterocycles. The highest BCUT2D eigenvalue weighted by atomic mass is 16.1. The third-order valence-electron chi connectivity index (χ3n) is 9.02. The summed E-state index contributed by atoms with van der Waals surface area (Å²) in [6, 6.07) is 0. The maximum Gasteiger partial charge on any atom is 0.132 e. The van der Waals surface area contributed by atoms with E-state index in [1.54, 1.807) is 0 Å². The van der Waals surface area contributed by atoms with Crippen molar-refractivity contribution in [1.82, 2.24) is 0 Å². The largest absolute Gasteiger partial charge is 0.300 e. The van der Waals surface area contributed by atoms with E-state index in [1.165, 1.54) is 64.2 Å². The summed E-state index contributed by atoms with van der Waals surface area (Å²) >= 11 is 0. The monoisotopic (exact) mass is 302 g/mol. The molecule has 0 bridgehead atoms. The normalized spacial score (nSPS) is 54.2.